The van der Waals surface area contributed by atoms with Crippen LogP contribution in [0.1, 0.15) is 24.5 Å². The molecule has 0 saturated heterocycles. The Balaban J connectivity index is 1.63. The number of thioether (sulfide) groups is 1. The Morgan fingerprint density at radius 2 is 1.85 bits per heavy atom. The van der Waals surface area contributed by atoms with Crippen molar-refractivity contribution in [1.82, 2.24) is 0 Å². The second-order valence-corrected chi connectivity index (χ2v) is 7.89. The summed E-state index contributed by atoms with van der Waals surface area (Å²) < 4.78 is 0. The van der Waals surface area contributed by atoms with E-state index in [1.54, 1.807) is 0 Å². The van der Waals surface area contributed by atoms with Crippen LogP contribution in [-0.4, -0.2) is 17.7 Å². The molecule has 0 aromatic heterocycles. The number of rotatable bonds is 8. The van der Waals surface area contributed by atoms with Crippen LogP contribution in [0.25, 0.3) is 0 Å². The average Bonchev–Trinajstić information content (AvgIpc) is 3.10. The van der Waals surface area contributed by atoms with E-state index in [1.165, 1.54) is 16.0 Å². The lowest BCUT2D eigenvalue weighted by atomic mass is 9.83. The third-order valence-electron chi connectivity index (χ3n) is 4.65. The van der Waals surface area contributed by atoms with Gasteiger partial charge in [-0.2, -0.15) is 0 Å². The molecular weight excluding hydrogens is 340 g/mol. The molecule has 0 aliphatic carbocycles. The first-order chi connectivity index (χ1) is 12.6. The summed E-state index contributed by atoms with van der Waals surface area (Å²) in [4.78, 5) is 17.3. The smallest absolute Gasteiger partial charge is 0.220 e. The second kappa shape index (κ2) is 8.37. The van der Waals surface area contributed by atoms with Crippen molar-refractivity contribution < 1.29 is 4.79 Å². The third-order valence-corrected chi connectivity index (χ3v) is 5.73. The number of benzene rings is 2. The van der Waals surface area contributed by atoms with Gasteiger partial charge in [0.15, 0.2) is 0 Å². The van der Waals surface area contributed by atoms with Crippen molar-refractivity contribution in [3.8, 4) is 0 Å². The van der Waals surface area contributed by atoms with Crippen molar-refractivity contribution in [2.75, 3.05) is 0 Å². The zero-order chi connectivity index (χ0) is 18.4. The molecule has 0 bridgehead atoms. The summed E-state index contributed by atoms with van der Waals surface area (Å²) in [7, 11) is 0. The first kappa shape index (κ1) is 18.5. The zero-order valence-corrected chi connectivity index (χ0v) is 15.8. The van der Waals surface area contributed by atoms with Crippen molar-refractivity contribution in [2.24, 2.45) is 16.6 Å². The Hall–Kier alpha value is -2.33. The van der Waals surface area contributed by atoms with Gasteiger partial charge in [0.1, 0.15) is 0 Å². The van der Waals surface area contributed by atoms with E-state index in [0.29, 0.717) is 6.42 Å². The molecular formula is C22H24N2OS. The molecule has 1 amide bonds. The molecule has 1 aliphatic heterocycles. The van der Waals surface area contributed by atoms with Crippen molar-refractivity contribution in [2.45, 2.75) is 36.0 Å². The van der Waals surface area contributed by atoms with Crippen LogP contribution in [0.15, 0.2) is 76.6 Å². The molecule has 2 N–H and O–H groups in total. The molecule has 3 nitrogen and oxygen atoms in total. The highest BCUT2D eigenvalue weighted by atomic mass is 32.2. The van der Waals surface area contributed by atoms with E-state index in [9.17, 15) is 4.79 Å². The highest BCUT2D eigenvalue weighted by Gasteiger charge is 2.31. The molecule has 0 spiro atoms. The van der Waals surface area contributed by atoms with Crippen LogP contribution < -0.4 is 5.73 Å². The van der Waals surface area contributed by atoms with Crippen LogP contribution in [0.5, 0.6) is 0 Å². The summed E-state index contributed by atoms with van der Waals surface area (Å²) in [6.45, 7) is 1.87. The Bertz CT molecular complexity index is 785. The van der Waals surface area contributed by atoms with E-state index in [2.05, 4.69) is 59.6 Å². The minimum Gasteiger partial charge on any atom is -0.369 e. The number of amides is 1. The van der Waals surface area contributed by atoms with E-state index >= 15 is 0 Å². The molecule has 2 aromatic carbocycles. The maximum Gasteiger partial charge on any atom is 0.220 e. The minimum atomic E-state index is -0.354. The normalized spacial score (nSPS) is 19.6. The summed E-state index contributed by atoms with van der Waals surface area (Å²) in [5.74, 6) is 0.496. The summed E-state index contributed by atoms with van der Waals surface area (Å²) in [5, 5.41) is 0. The van der Waals surface area contributed by atoms with Crippen LogP contribution >= 0.6 is 11.8 Å². The lowest BCUT2D eigenvalue weighted by Gasteiger charge is -2.26. The molecule has 0 radical (unpaired) electrons. The van der Waals surface area contributed by atoms with Crippen LogP contribution in [-0.2, 0) is 17.0 Å². The van der Waals surface area contributed by atoms with Gasteiger partial charge in [-0.3, -0.25) is 9.79 Å². The maximum atomic E-state index is 11.5. The molecule has 4 heteroatoms. The average molecular weight is 365 g/mol. The van der Waals surface area contributed by atoms with Gasteiger partial charge in [0.25, 0.3) is 0 Å². The van der Waals surface area contributed by atoms with Gasteiger partial charge in [-0.1, -0.05) is 55.5 Å². The Kier molecular flexibility index (Phi) is 5.94. The van der Waals surface area contributed by atoms with E-state index in [-0.39, 0.29) is 17.4 Å². The lowest BCUT2D eigenvalue weighted by molar-refractivity contribution is -0.121. The van der Waals surface area contributed by atoms with E-state index in [0.717, 1.165) is 12.2 Å². The Morgan fingerprint density at radius 3 is 2.46 bits per heavy atom. The van der Waals surface area contributed by atoms with Gasteiger partial charge in [0.2, 0.25) is 5.91 Å². The van der Waals surface area contributed by atoms with Gasteiger partial charge in [0.05, 0.1) is 5.54 Å². The molecule has 2 atom stereocenters. The molecule has 3 rings (SSSR count). The second-order valence-electron chi connectivity index (χ2n) is 6.84. The summed E-state index contributed by atoms with van der Waals surface area (Å²) >= 11 is 1.83. The van der Waals surface area contributed by atoms with Gasteiger partial charge in [-0.25, -0.2) is 0 Å². The predicted octanol–water partition coefficient (Wildman–Crippen LogP) is 4.41. The lowest BCUT2D eigenvalue weighted by Crippen LogP contribution is -2.33. The van der Waals surface area contributed by atoms with Crippen molar-refractivity contribution >= 4 is 23.9 Å². The van der Waals surface area contributed by atoms with E-state index in [4.69, 9.17) is 5.73 Å². The fraction of sp³-hybridized carbons (Fsp3) is 0.273. The number of hydrogen-bond donors (Lipinski definition) is 1. The maximum absolute atomic E-state index is 11.5. The number of allylic oxidation sites excluding steroid dienone is 1. The number of primary amides is 1. The largest absolute Gasteiger partial charge is 0.369 e. The van der Waals surface area contributed by atoms with Crippen LogP contribution in [0.3, 0.4) is 0 Å². The fourth-order valence-electron chi connectivity index (χ4n) is 3.18. The number of aliphatic imine (C=N–C) groups is 1. The highest BCUT2D eigenvalue weighted by Crippen LogP contribution is 2.31. The molecule has 2 unspecified atom stereocenters. The molecule has 0 fully saturated rings. The molecule has 1 aliphatic rings. The number of carbonyl (C=O) groups excluding carboxylic acids is 1. The third kappa shape index (κ3) is 4.85. The highest BCUT2D eigenvalue weighted by molar-refractivity contribution is 7.98. The zero-order valence-electron chi connectivity index (χ0n) is 15.0. The standard InChI is InChI=1S/C22H24N2OS/c1-17(21(23)25)14-22(12-5-13-24-22)15-18-8-10-20(11-9-18)26-16-19-6-3-2-4-7-19/h2-13,17H,14-16H2,1H3,(H2,23,25). The Morgan fingerprint density at radius 1 is 1.12 bits per heavy atom. The first-order valence-electron chi connectivity index (χ1n) is 8.84. The molecule has 2 aromatic rings. The Labute approximate surface area is 159 Å². The fourth-order valence-corrected chi connectivity index (χ4v) is 4.04. The van der Waals surface area contributed by atoms with Crippen LogP contribution in [0.2, 0.25) is 0 Å². The molecule has 26 heavy (non-hydrogen) atoms. The topological polar surface area (TPSA) is 55.4 Å². The monoisotopic (exact) mass is 364 g/mol. The summed E-state index contributed by atoms with van der Waals surface area (Å²) in [6.07, 6.45) is 7.28. The number of carbonyl (C=O) groups is 1. The SMILES string of the molecule is CC(CC1(Cc2ccc(SCc3ccccc3)cc2)C=CC=N1)C(N)=O. The first-order valence-corrected chi connectivity index (χ1v) is 9.83. The van der Waals surface area contributed by atoms with Crippen LogP contribution in [0, 0.1) is 5.92 Å². The number of nitrogens with zero attached hydrogens (tertiary/aromatic N) is 1. The van der Waals surface area contributed by atoms with Crippen molar-refractivity contribution in [1.29, 1.82) is 0 Å². The predicted molar refractivity (Wildman–Crippen MR) is 109 cm³/mol. The van der Waals surface area contributed by atoms with Gasteiger partial charge in [0, 0.05) is 29.2 Å². The van der Waals surface area contributed by atoms with Gasteiger partial charge >= 0.3 is 0 Å². The summed E-state index contributed by atoms with van der Waals surface area (Å²) in [6, 6.07) is 19.1. The van der Waals surface area contributed by atoms with Crippen molar-refractivity contribution in [3.05, 3.63) is 77.9 Å². The van der Waals surface area contributed by atoms with E-state index < -0.39 is 0 Å². The van der Waals surface area contributed by atoms with Crippen molar-refractivity contribution in [3.63, 3.8) is 0 Å². The number of hydrogen-bond acceptors (Lipinski definition) is 3. The van der Waals surface area contributed by atoms with Gasteiger partial charge < -0.3 is 5.73 Å². The quantitative estimate of drug-likeness (QED) is 0.705. The molecule has 134 valence electrons. The minimum absolute atomic E-state index is 0.199. The molecule has 0 saturated carbocycles. The van der Waals surface area contributed by atoms with E-state index in [1.807, 2.05) is 37.0 Å². The number of nitrogens with two attached hydrogens (primary N) is 1. The summed E-state index contributed by atoms with van der Waals surface area (Å²) in [5.41, 5.74) is 7.64. The van der Waals surface area contributed by atoms with Gasteiger partial charge in [-0.15, -0.1) is 11.8 Å². The molecule has 1 heterocycles. The van der Waals surface area contributed by atoms with Crippen LogP contribution in [0.4, 0.5) is 0 Å². The van der Waals surface area contributed by atoms with Gasteiger partial charge in [-0.05, 0) is 35.8 Å².